The zero-order valence-electron chi connectivity index (χ0n) is 13.3. The third-order valence-corrected chi connectivity index (χ3v) is 4.44. The molecule has 25 heavy (non-hydrogen) atoms. The van der Waals surface area contributed by atoms with Gasteiger partial charge in [0.25, 0.3) is 0 Å². The summed E-state index contributed by atoms with van der Waals surface area (Å²) in [6, 6.07) is 12.9. The lowest BCUT2D eigenvalue weighted by Crippen LogP contribution is -2.00. The molecule has 0 N–H and O–H groups in total. The number of halogens is 1. The number of carbonyl (C=O) groups excluding carboxylic acids is 1. The molecule has 0 unspecified atom stereocenters. The van der Waals surface area contributed by atoms with E-state index in [9.17, 15) is 4.79 Å². The molecule has 122 valence electrons. The van der Waals surface area contributed by atoms with Crippen LogP contribution >= 0.6 is 11.6 Å². The second kappa shape index (κ2) is 6.11. The van der Waals surface area contributed by atoms with Crippen LogP contribution < -0.4 is 0 Å². The number of fused-ring (bicyclic) bond motifs is 1. The number of benzene rings is 1. The Balaban J connectivity index is 1.99. The van der Waals surface area contributed by atoms with Gasteiger partial charge in [-0.05, 0) is 24.6 Å². The molecule has 5 nitrogen and oxygen atoms in total. The maximum Gasteiger partial charge on any atom is 0.166 e. The molecule has 0 bridgehead atoms. The molecule has 0 spiro atoms. The van der Waals surface area contributed by atoms with E-state index in [0.717, 1.165) is 22.9 Å². The van der Waals surface area contributed by atoms with Crippen molar-refractivity contribution in [3.8, 4) is 16.9 Å². The predicted molar refractivity (Wildman–Crippen MR) is 97.2 cm³/mol. The smallest absolute Gasteiger partial charge is 0.166 e. The van der Waals surface area contributed by atoms with Crippen LogP contribution in [0.25, 0.3) is 28.0 Å². The first kappa shape index (κ1) is 15.5. The first-order valence-corrected chi connectivity index (χ1v) is 8.08. The van der Waals surface area contributed by atoms with Crippen LogP contribution in [-0.2, 0) is 0 Å². The van der Waals surface area contributed by atoms with Gasteiger partial charge < -0.3 is 0 Å². The van der Waals surface area contributed by atoms with Gasteiger partial charge in [-0.2, -0.15) is 9.78 Å². The van der Waals surface area contributed by atoms with E-state index in [1.165, 1.54) is 0 Å². The van der Waals surface area contributed by atoms with Crippen molar-refractivity contribution in [2.75, 3.05) is 0 Å². The monoisotopic (exact) mass is 348 g/mol. The maximum atomic E-state index is 11.3. The Morgan fingerprint density at radius 2 is 1.84 bits per heavy atom. The molecule has 1 aromatic carbocycles. The van der Waals surface area contributed by atoms with Crippen molar-refractivity contribution in [1.82, 2.24) is 19.7 Å². The van der Waals surface area contributed by atoms with Gasteiger partial charge in [0, 0.05) is 23.5 Å². The molecule has 0 aliphatic heterocycles. The van der Waals surface area contributed by atoms with Crippen LogP contribution in [0.5, 0.6) is 0 Å². The minimum Gasteiger partial charge on any atom is -0.298 e. The molecule has 0 radical (unpaired) electrons. The normalized spacial score (nSPS) is 11.0. The summed E-state index contributed by atoms with van der Waals surface area (Å²) < 4.78 is 1.67. The summed E-state index contributed by atoms with van der Waals surface area (Å²) in [4.78, 5) is 20.2. The molecule has 4 rings (SSSR count). The third-order valence-electron chi connectivity index (χ3n) is 4.05. The SMILES string of the molecule is Cc1nn(-c2ccccn2)c2ncc(-c3ccccc3C=O)c(Cl)c12. The van der Waals surface area contributed by atoms with Gasteiger partial charge in [-0.1, -0.05) is 41.9 Å². The van der Waals surface area contributed by atoms with E-state index in [4.69, 9.17) is 11.6 Å². The number of aryl methyl sites for hydroxylation is 1. The average molecular weight is 349 g/mol. The van der Waals surface area contributed by atoms with Crippen LogP contribution in [-0.4, -0.2) is 26.0 Å². The fourth-order valence-electron chi connectivity index (χ4n) is 2.88. The summed E-state index contributed by atoms with van der Waals surface area (Å²) in [6.45, 7) is 1.88. The van der Waals surface area contributed by atoms with Crippen molar-refractivity contribution < 1.29 is 4.79 Å². The van der Waals surface area contributed by atoms with E-state index in [1.807, 2.05) is 43.3 Å². The first-order chi connectivity index (χ1) is 12.2. The molecule has 3 heterocycles. The molecule has 0 saturated carbocycles. The number of nitrogens with zero attached hydrogens (tertiary/aromatic N) is 4. The number of aldehydes is 1. The Kier molecular flexibility index (Phi) is 3.78. The number of rotatable bonds is 3. The van der Waals surface area contributed by atoms with E-state index < -0.39 is 0 Å². The first-order valence-electron chi connectivity index (χ1n) is 7.70. The fraction of sp³-hybridized carbons (Fsp3) is 0.0526. The molecular weight excluding hydrogens is 336 g/mol. The van der Waals surface area contributed by atoms with Gasteiger partial charge in [-0.3, -0.25) is 4.79 Å². The summed E-state index contributed by atoms with van der Waals surface area (Å²) in [5.41, 5.74) is 3.42. The van der Waals surface area contributed by atoms with Crippen molar-refractivity contribution in [1.29, 1.82) is 0 Å². The topological polar surface area (TPSA) is 60.7 Å². The predicted octanol–water partition coefficient (Wildman–Crippen LogP) is 4.26. The molecule has 0 aliphatic rings. The highest BCUT2D eigenvalue weighted by Gasteiger charge is 2.18. The number of pyridine rings is 2. The molecular formula is C19H13ClN4O. The minimum atomic E-state index is 0.527. The second-order valence-corrected chi connectivity index (χ2v) is 5.95. The van der Waals surface area contributed by atoms with Gasteiger partial charge in [0.2, 0.25) is 0 Å². The van der Waals surface area contributed by atoms with E-state index in [-0.39, 0.29) is 0 Å². The zero-order chi connectivity index (χ0) is 17.4. The number of hydrogen-bond acceptors (Lipinski definition) is 4. The molecule has 0 saturated heterocycles. The van der Waals surface area contributed by atoms with E-state index in [2.05, 4.69) is 15.1 Å². The lowest BCUT2D eigenvalue weighted by atomic mass is 10.0. The minimum absolute atomic E-state index is 0.527. The Hall–Kier alpha value is -3.05. The van der Waals surface area contributed by atoms with Crippen LogP contribution in [0.1, 0.15) is 16.1 Å². The Labute approximate surface area is 148 Å². The van der Waals surface area contributed by atoms with Crippen LogP contribution in [0.15, 0.2) is 54.9 Å². The van der Waals surface area contributed by atoms with Crippen molar-refractivity contribution in [2.24, 2.45) is 0 Å². The molecule has 0 amide bonds. The van der Waals surface area contributed by atoms with Gasteiger partial charge in [0.15, 0.2) is 17.8 Å². The highest BCUT2D eigenvalue weighted by atomic mass is 35.5. The van der Waals surface area contributed by atoms with Crippen LogP contribution in [0, 0.1) is 6.92 Å². The van der Waals surface area contributed by atoms with Gasteiger partial charge >= 0.3 is 0 Å². The van der Waals surface area contributed by atoms with Crippen LogP contribution in [0.2, 0.25) is 5.02 Å². The largest absolute Gasteiger partial charge is 0.298 e. The molecule has 0 aliphatic carbocycles. The van der Waals surface area contributed by atoms with Gasteiger partial charge in [-0.25, -0.2) is 9.97 Å². The van der Waals surface area contributed by atoms with E-state index in [1.54, 1.807) is 23.1 Å². The Bertz CT molecular complexity index is 1090. The Morgan fingerprint density at radius 1 is 1.04 bits per heavy atom. The number of hydrogen-bond donors (Lipinski definition) is 0. The van der Waals surface area contributed by atoms with E-state index in [0.29, 0.717) is 27.6 Å². The standard InChI is InChI=1S/C19H13ClN4O/c1-12-17-18(20)15(14-7-3-2-6-13(14)11-25)10-22-19(17)24(23-12)16-8-4-5-9-21-16/h2-11H,1H3. The summed E-state index contributed by atoms with van der Waals surface area (Å²) in [5, 5.41) is 5.82. The van der Waals surface area contributed by atoms with Crippen molar-refractivity contribution in [3.05, 3.63) is 71.1 Å². The molecule has 3 aromatic heterocycles. The summed E-state index contributed by atoms with van der Waals surface area (Å²) in [6.07, 6.45) is 4.20. The molecule has 6 heteroatoms. The number of carbonyl (C=O) groups is 1. The van der Waals surface area contributed by atoms with Crippen molar-refractivity contribution in [2.45, 2.75) is 6.92 Å². The zero-order valence-corrected chi connectivity index (χ0v) is 14.1. The van der Waals surface area contributed by atoms with E-state index >= 15 is 0 Å². The van der Waals surface area contributed by atoms with Crippen LogP contribution in [0.4, 0.5) is 0 Å². The van der Waals surface area contributed by atoms with Crippen molar-refractivity contribution in [3.63, 3.8) is 0 Å². The highest BCUT2D eigenvalue weighted by Crippen LogP contribution is 2.36. The molecule has 4 aromatic rings. The summed E-state index contributed by atoms with van der Waals surface area (Å²) >= 11 is 6.68. The van der Waals surface area contributed by atoms with Gasteiger partial charge in [-0.15, -0.1) is 0 Å². The lowest BCUT2D eigenvalue weighted by Gasteiger charge is -2.08. The highest BCUT2D eigenvalue weighted by molar-refractivity contribution is 6.38. The molecule has 0 fully saturated rings. The van der Waals surface area contributed by atoms with Crippen molar-refractivity contribution >= 4 is 28.9 Å². The maximum absolute atomic E-state index is 11.3. The second-order valence-electron chi connectivity index (χ2n) is 5.57. The van der Waals surface area contributed by atoms with Crippen LogP contribution in [0.3, 0.4) is 0 Å². The molecule has 0 atom stereocenters. The lowest BCUT2D eigenvalue weighted by molar-refractivity contribution is 0.112. The van der Waals surface area contributed by atoms with Gasteiger partial charge in [0.1, 0.15) is 0 Å². The quantitative estimate of drug-likeness (QED) is 0.519. The summed E-state index contributed by atoms with van der Waals surface area (Å²) in [5.74, 6) is 0.671. The number of aromatic nitrogens is 4. The van der Waals surface area contributed by atoms with Gasteiger partial charge in [0.05, 0.1) is 16.1 Å². The third kappa shape index (κ3) is 2.49. The summed E-state index contributed by atoms with van der Waals surface area (Å²) in [7, 11) is 0. The average Bonchev–Trinajstić information content (AvgIpc) is 3.00. The fourth-order valence-corrected chi connectivity index (χ4v) is 3.25. The Morgan fingerprint density at radius 3 is 2.60 bits per heavy atom.